The molecule has 0 aromatic carbocycles. The molecule has 2 rings (SSSR count). The van der Waals surface area contributed by atoms with Crippen molar-refractivity contribution in [3.05, 3.63) is 10.6 Å². The zero-order chi connectivity index (χ0) is 10.8. The number of esters is 1. The molecular formula is C9H12N2O3S. The molecule has 1 fully saturated rings. The molecule has 1 unspecified atom stereocenters. The van der Waals surface area contributed by atoms with Crippen molar-refractivity contribution in [2.75, 3.05) is 19.5 Å². The van der Waals surface area contributed by atoms with E-state index in [1.807, 2.05) is 0 Å². The minimum atomic E-state index is -0.451. The predicted molar refractivity (Wildman–Crippen MR) is 55.8 cm³/mol. The second-order valence-electron chi connectivity index (χ2n) is 3.26. The van der Waals surface area contributed by atoms with E-state index in [0.717, 1.165) is 24.3 Å². The molecule has 0 aliphatic carbocycles. The Morgan fingerprint density at radius 1 is 1.73 bits per heavy atom. The van der Waals surface area contributed by atoms with Crippen molar-refractivity contribution in [2.24, 2.45) is 0 Å². The van der Waals surface area contributed by atoms with Crippen molar-refractivity contribution >= 4 is 22.4 Å². The Hall–Kier alpha value is -1.14. The quantitative estimate of drug-likeness (QED) is 0.774. The highest BCUT2D eigenvalue weighted by atomic mass is 32.1. The maximum atomic E-state index is 11.4. The number of rotatable bonds is 2. The molecule has 2 N–H and O–H groups in total. The molecular weight excluding hydrogens is 216 g/mol. The topological polar surface area (TPSA) is 74.4 Å². The molecule has 0 saturated carbocycles. The van der Waals surface area contributed by atoms with Crippen molar-refractivity contribution in [1.29, 1.82) is 0 Å². The number of nitrogens with two attached hydrogens (primary N) is 1. The Bertz CT molecular complexity index is 371. The van der Waals surface area contributed by atoms with Gasteiger partial charge in [0.05, 0.1) is 18.1 Å². The number of hydrogen-bond acceptors (Lipinski definition) is 6. The summed E-state index contributed by atoms with van der Waals surface area (Å²) in [6.07, 6.45) is 1.86. The summed E-state index contributed by atoms with van der Waals surface area (Å²) < 4.78 is 10.1. The van der Waals surface area contributed by atoms with Gasteiger partial charge in [0, 0.05) is 6.61 Å². The highest BCUT2D eigenvalue weighted by Crippen LogP contribution is 2.35. The Morgan fingerprint density at radius 2 is 2.53 bits per heavy atom. The molecule has 2 heterocycles. The van der Waals surface area contributed by atoms with Crippen molar-refractivity contribution in [2.45, 2.75) is 18.9 Å². The fourth-order valence-electron chi connectivity index (χ4n) is 1.59. The van der Waals surface area contributed by atoms with Crippen molar-refractivity contribution < 1.29 is 14.3 Å². The summed E-state index contributed by atoms with van der Waals surface area (Å²) in [4.78, 5) is 16.2. The third kappa shape index (κ3) is 1.95. The smallest absolute Gasteiger partial charge is 0.358 e. The molecule has 5 nitrogen and oxygen atoms in total. The summed E-state index contributed by atoms with van der Waals surface area (Å²) in [5.41, 5.74) is 5.88. The van der Waals surface area contributed by atoms with Gasteiger partial charge in [0.15, 0.2) is 10.8 Å². The van der Waals surface area contributed by atoms with Crippen molar-refractivity contribution in [3.8, 4) is 0 Å². The number of ether oxygens (including phenoxy) is 2. The van der Waals surface area contributed by atoms with E-state index in [-0.39, 0.29) is 6.10 Å². The third-order valence-electron chi connectivity index (χ3n) is 2.27. The Kier molecular flexibility index (Phi) is 2.88. The Balaban J connectivity index is 2.32. The second kappa shape index (κ2) is 4.16. The monoisotopic (exact) mass is 228 g/mol. The lowest BCUT2D eigenvalue weighted by atomic mass is 10.2. The molecule has 0 amide bonds. The standard InChI is InChI=1S/C9H12N2O3S/c1-13-8(12)6-7(15-9(10)11-6)5-3-2-4-14-5/h5H,2-4H2,1H3,(H2,10,11). The molecule has 1 atom stereocenters. The van der Waals surface area contributed by atoms with E-state index in [4.69, 9.17) is 10.5 Å². The first-order chi connectivity index (χ1) is 7.22. The first-order valence-electron chi connectivity index (χ1n) is 4.68. The lowest BCUT2D eigenvalue weighted by molar-refractivity contribution is 0.0583. The molecule has 6 heteroatoms. The van der Waals surface area contributed by atoms with Crippen LogP contribution in [0, 0.1) is 0 Å². The van der Waals surface area contributed by atoms with Crippen LogP contribution in [0.2, 0.25) is 0 Å². The Labute approximate surface area is 91.2 Å². The molecule has 0 spiro atoms. The van der Waals surface area contributed by atoms with Gasteiger partial charge in [0.1, 0.15) is 0 Å². The van der Waals surface area contributed by atoms with E-state index in [0.29, 0.717) is 10.8 Å². The molecule has 15 heavy (non-hydrogen) atoms. The zero-order valence-corrected chi connectivity index (χ0v) is 9.17. The number of nitrogen functional groups attached to an aromatic ring is 1. The van der Waals surface area contributed by atoms with Crippen LogP contribution in [0.5, 0.6) is 0 Å². The van der Waals surface area contributed by atoms with Crippen LogP contribution in [0.4, 0.5) is 5.13 Å². The molecule has 0 radical (unpaired) electrons. The highest BCUT2D eigenvalue weighted by molar-refractivity contribution is 7.15. The number of carbonyl (C=O) groups excluding carboxylic acids is 1. The van der Waals surface area contributed by atoms with E-state index >= 15 is 0 Å². The number of anilines is 1. The van der Waals surface area contributed by atoms with Gasteiger partial charge < -0.3 is 15.2 Å². The highest BCUT2D eigenvalue weighted by Gasteiger charge is 2.27. The normalized spacial score (nSPS) is 20.5. The van der Waals surface area contributed by atoms with Gasteiger partial charge in [-0.2, -0.15) is 0 Å². The summed E-state index contributed by atoms with van der Waals surface area (Å²) >= 11 is 1.30. The number of aromatic nitrogens is 1. The minimum Gasteiger partial charge on any atom is -0.464 e. The van der Waals surface area contributed by atoms with Gasteiger partial charge in [0.25, 0.3) is 0 Å². The van der Waals surface area contributed by atoms with Crippen molar-refractivity contribution in [3.63, 3.8) is 0 Å². The van der Waals surface area contributed by atoms with Crippen LogP contribution in [0.25, 0.3) is 0 Å². The van der Waals surface area contributed by atoms with Gasteiger partial charge in [-0.05, 0) is 12.8 Å². The maximum absolute atomic E-state index is 11.4. The molecule has 0 bridgehead atoms. The van der Waals surface area contributed by atoms with E-state index in [1.165, 1.54) is 18.4 Å². The van der Waals surface area contributed by atoms with Crippen LogP contribution >= 0.6 is 11.3 Å². The van der Waals surface area contributed by atoms with Gasteiger partial charge in [-0.15, -0.1) is 0 Å². The van der Waals surface area contributed by atoms with Crippen LogP contribution in [0.15, 0.2) is 0 Å². The van der Waals surface area contributed by atoms with E-state index < -0.39 is 5.97 Å². The SMILES string of the molecule is COC(=O)c1nc(N)sc1C1CCCO1. The Morgan fingerprint density at radius 3 is 3.13 bits per heavy atom. The average Bonchev–Trinajstić information content (AvgIpc) is 2.84. The largest absolute Gasteiger partial charge is 0.464 e. The van der Waals surface area contributed by atoms with Gasteiger partial charge in [0.2, 0.25) is 0 Å². The molecule has 82 valence electrons. The van der Waals surface area contributed by atoms with Crippen LogP contribution in [0.3, 0.4) is 0 Å². The summed E-state index contributed by atoms with van der Waals surface area (Å²) in [6, 6.07) is 0. The maximum Gasteiger partial charge on any atom is 0.358 e. The lowest BCUT2D eigenvalue weighted by Gasteiger charge is -2.07. The number of hydrogen-bond donors (Lipinski definition) is 1. The van der Waals surface area contributed by atoms with Crippen molar-refractivity contribution in [1.82, 2.24) is 4.98 Å². The molecule has 1 aliphatic rings. The minimum absolute atomic E-state index is 0.0473. The molecule has 1 aromatic heterocycles. The van der Waals surface area contributed by atoms with Crippen LogP contribution in [0.1, 0.15) is 34.3 Å². The van der Waals surface area contributed by atoms with Crippen LogP contribution in [-0.2, 0) is 9.47 Å². The first kappa shape index (κ1) is 10.4. The number of carbonyl (C=O) groups is 1. The van der Waals surface area contributed by atoms with E-state index in [2.05, 4.69) is 9.72 Å². The average molecular weight is 228 g/mol. The molecule has 1 saturated heterocycles. The zero-order valence-electron chi connectivity index (χ0n) is 8.36. The van der Waals surface area contributed by atoms with Crippen LogP contribution < -0.4 is 5.73 Å². The molecule has 1 aromatic rings. The predicted octanol–water partition coefficient (Wildman–Crippen LogP) is 1.36. The number of methoxy groups -OCH3 is 1. The van der Waals surface area contributed by atoms with E-state index in [9.17, 15) is 4.79 Å². The van der Waals surface area contributed by atoms with Gasteiger partial charge >= 0.3 is 5.97 Å². The number of thiazole rings is 1. The van der Waals surface area contributed by atoms with E-state index in [1.54, 1.807) is 0 Å². The van der Waals surface area contributed by atoms with Gasteiger partial charge in [-0.3, -0.25) is 0 Å². The summed E-state index contributed by atoms with van der Waals surface area (Å²) in [5.74, 6) is -0.451. The molecule has 1 aliphatic heterocycles. The fourth-order valence-corrected chi connectivity index (χ4v) is 2.50. The summed E-state index contributed by atoms with van der Waals surface area (Å²) in [7, 11) is 1.33. The first-order valence-corrected chi connectivity index (χ1v) is 5.50. The lowest BCUT2D eigenvalue weighted by Crippen LogP contribution is -2.07. The summed E-state index contributed by atoms with van der Waals surface area (Å²) in [6.45, 7) is 0.725. The summed E-state index contributed by atoms with van der Waals surface area (Å²) in [5, 5.41) is 0.376. The fraction of sp³-hybridized carbons (Fsp3) is 0.556. The number of nitrogens with zero attached hydrogens (tertiary/aromatic N) is 1. The third-order valence-corrected chi connectivity index (χ3v) is 3.25. The van der Waals surface area contributed by atoms with Gasteiger partial charge in [-0.25, -0.2) is 9.78 Å². The van der Waals surface area contributed by atoms with Gasteiger partial charge in [-0.1, -0.05) is 11.3 Å². The van der Waals surface area contributed by atoms with Crippen LogP contribution in [-0.4, -0.2) is 24.7 Å². The second-order valence-corrected chi connectivity index (χ2v) is 4.32.